The third kappa shape index (κ3) is 3.17. The van der Waals surface area contributed by atoms with Gasteiger partial charge in [-0.2, -0.15) is 4.31 Å². The quantitative estimate of drug-likeness (QED) is 0.680. The number of hydrogen-bond acceptors (Lipinski definition) is 4. The zero-order valence-electron chi connectivity index (χ0n) is 16.2. The van der Waals surface area contributed by atoms with E-state index in [-0.39, 0.29) is 17.1 Å². The van der Waals surface area contributed by atoms with Gasteiger partial charge in [-0.15, -0.1) is 0 Å². The molecule has 2 saturated heterocycles. The van der Waals surface area contributed by atoms with Crippen molar-refractivity contribution in [2.45, 2.75) is 23.4 Å². The van der Waals surface area contributed by atoms with Gasteiger partial charge in [0.15, 0.2) is 0 Å². The highest BCUT2D eigenvalue weighted by Crippen LogP contribution is 2.32. The number of nitrogens with zero attached hydrogens (tertiary/aromatic N) is 2. The van der Waals surface area contributed by atoms with Gasteiger partial charge < -0.3 is 5.32 Å². The number of fused-ring (bicyclic) bond motifs is 2. The summed E-state index contributed by atoms with van der Waals surface area (Å²) < 4.78 is 41.3. The molecule has 2 atom stereocenters. The number of benzene rings is 3. The van der Waals surface area contributed by atoms with E-state index < -0.39 is 39.9 Å². The van der Waals surface area contributed by atoms with Crippen LogP contribution in [0.3, 0.4) is 0 Å². The maximum absolute atomic E-state index is 13.4. The number of hydrogen-bond donors (Lipinski definition) is 1. The van der Waals surface area contributed by atoms with Crippen molar-refractivity contribution in [2.24, 2.45) is 0 Å². The number of nitrogens with one attached hydrogen (secondary N) is 1. The summed E-state index contributed by atoms with van der Waals surface area (Å²) in [6.07, 6.45) is 0.326. The fraction of sp³-hybridized carbons (Fsp3) is 0.182. The van der Waals surface area contributed by atoms with Crippen LogP contribution >= 0.6 is 0 Å². The summed E-state index contributed by atoms with van der Waals surface area (Å²) in [6, 6.07) is 14.8. The normalized spacial score (nSPS) is 21.9. The number of imide groups is 1. The molecule has 0 saturated carbocycles. The van der Waals surface area contributed by atoms with Crippen molar-refractivity contribution in [1.82, 2.24) is 9.62 Å². The van der Waals surface area contributed by atoms with Gasteiger partial charge in [0, 0.05) is 6.54 Å². The molecule has 2 aliphatic heterocycles. The third-order valence-corrected chi connectivity index (χ3v) is 7.63. The lowest BCUT2D eigenvalue weighted by atomic mass is 10.1. The van der Waals surface area contributed by atoms with E-state index in [0.717, 1.165) is 32.1 Å². The van der Waals surface area contributed by atoms with Crippen molar-refractivity contribution < 1.29 is 22.4 Å². The molecule has 9 heteroatoms. The Morgan fingerprint density at radius 1 is 0.935 bits per heavy atom. The van der Waals surface area contributed by atoms with E-state index in [1.54, 1.807) is 12.1 Å². The minimum absolute atomic E-state index is 0.0879. The van der Waals surface area contributed by atoms with Gasteiger partial charge in [-0.1, -0.05) is 30.3 Å². The molecular formula is C22H18FN3O4S. The smallest absolute Gasteiger partial charge is 0.329 e. The van der Waals surface area contributed by atoms with Gasteiger partial charge >= 0.3 is 6.03 Å². The first-order valence-electron chi connectivity index (χ1n) is 9.77. The zero-order valence-corrected chi connectivity index (χ0v) is 17.0. The number of carbonyl (C=O) groups is 2. The summed E-state index contributed by atoms with van der Waals surface area (Å²) in [4.78, 5) is 26.8. The Balaban J connectivity index is 1.52. The molecular weight excluding hydrogens is 421 g/mol. The fourth-order valence-corrected chi connectivity index (χ4v) is 5.90. The molecule has 5 rings (SSSR count). The Morgan fingerprint density at radius 3 is 2.39 bits per heavy atom. The number of sulfonamides is 1. The molecule has 0 aliphatic carbocycles. The van der Waals surface area contributed by atoms with Crippen molar-refractivity contribution in [3.05, 3.63) is 72.5 Å². The van der Waals surface area contributed by atoms with Crippen molar-refractivity contribution in [2.75, 3.05) is 11.4 Å². The van der Waals surface area contributed by atoms with Gasteiger partial charge in [-0.05, 0) is 53.6 Å². The number of urea groups is 1. The number of anilines is 1. The predicted molar refractivity (Wildman–Crippen MR) is 112 cm³/mol. The first-order valence-corrected chi connectivity index (χ1v) is 11.2. The molecule has 158 valence electrons. The highest BCUT2D eigenvalue weighted by atomic mass is 32.2. The summed E-state index contributed by atoms with van der Waals surface area (Å²) in [5.41, 5.74) is 0.178. The van der Waals surface area contributed by atoms with Crippen LogP contribution in [0.2, 0.25) is 0 Å². The summed E-state index contributed by atoms with van der Waals surface area (Å²) in [6.45, 7) is 0.105. The molecule has 2 aliphatic rings. The van der Waals surface area contributed by atoms with E-state index in [1.165, 1.54) is 18.2 Å². The summed E-state index contributed by atoms with van der Waals surface area (Å²) in [7, 11) is -3.99. The fourth-order valence-electron chi connectivity index (χ4n) is 4.23. The molecule has 2 fully saturated rings. The maximum Gasteiger partial charge on any atom is 0.329 e. The van der Waals surface area contributed by atoms with Crippen molar-refractivity contribution in [3.63, 3.8) is 0 Å². The molecule has 3 aromatic carbocycles. The van der Waals surface area contributed by atoms with E-state index >= 15 is 0 Å². The number of rotatable bonds is 3. The Morgan fingerprint density at radius 2 is 1.65 bits per heavy atom. The largest absolute Gasteiger partial charge is 0.332 e. The molecule has 3 amide bonds. The summed E-state index contributed by atoms with van der Waals surface area (Å²) in [5, 5.41) is 4.40. The minimum atomic E-state index is -3.99. The van der Waals surface area contributed by atoms with Crippen LogP contribution < -0.4 is 10.2 Å². The Bertz CT molecular complexity index is 1310. The molecule has 2 unspecified atom stereocenters. The lowest BCUT2D eigenvalue weighted by Crippen LogP contribution is -2.64. The topological polar surface area (TPSA) is 86.8 Å². The number of amides is 3. The van der Waals surface area contributed by atoms with E-state index in [1.807, 2.05) is 24.3 Å². The Labute approximate surface area is 178 Å². The Hall–Kier alpha value is -3.30. The minimum Gasteiger partial charge on any atom is -0.332 e. The van der Waals surface area contributed by atoms with Crippen LogP contribution in [0.5, 0.6) is 0 Å². The second-order valence-electron chi connectivity index (χ2n) is 7.56. The number of halogens is 1. The van der Waals surface area contributed by atoms with Crippen LogP contribution in [0.25, 0.3) is 10.8 Å². The van der Waals surface area contributed by atoms with Crippen LogP contribution in [0.4, 0.5) is 14.9 Å². The van der Waals surface area contributed by atoms with Crippen LogP contribution in [-0.2, 0) is 14.8 Å². The second-order valence-corrected chi connectivity index (χ2v) is 9.45. The zero-order chi connectivity index (χ0) is 21.8. The Kier molecular flexibility index (Phi) is 4.53. The van der Waals surface area contributed by atoms with Gasteiger partial charge in [0.1, 0.15) is 11.9 Å². The molecule has 1 N–H and O–H groups in total. The van der Waals surface area contributed by atoms with Crippen LogP contribution in [0, 0.1) is 5.82 Å². The summed E-state index contributed by atoms with van der Waals surface area (Å²) in [5.74, 6) is -1.16. The standard InChI is InChI=1S/C22H18FN3O4S/c23-16-6-8-17(9-7-16)26-21(27)20-19(24-22(26)28)11-12-25(20)31(29,30)18-10-5-14-3-1-2-4-15(14)13-18/h1-10,13,19-20H,11-12H2,(H,24,28). The van der Waals surface area contributed by atoms with Gasteiger partial charge in [-0.3, -0.25) is 4.79 Å². The maximum atomic E-state index is 13.4. The SMILES string of the molecule is O=C1NC2CCN(S(=O)(=O)c3ccc4ccccc4c3)C2C(=O)N1c1ccc(F)cc1. The van der Waals surface area contributed by atoms with Gasteiger partial charge in [-0.25, -0.2) is 22.5 Å². The lowest BCUT2D eigenvalue weighted by Gasteiger charge is -2.36. The predicted octanol–water partition coefficient (Wildman–Crippen LogP) is 2.87. The third-order valence-electron chi connectivity index (χ3n) is 5.75. The molecule has 31 heavy (non-hydrogen) atoms. The molecule has 0 spiro atoms. The average Bonchev–Trinajstić information content (AvgIpc) is 3.19. The van der Waals surface area contributed by atoms with Crippen molar-refractivity contribution >= 4 is 38.4 Å². The van der Waals surface area contributed by atoms with Crippen LogP contribution in [0.1, 0.15) is 6.42 Å². The van der Waals surface area contributed by atoms with E-state index in [9.17, 15) is 22.4 Å². The highest BCUT2D eigenvalue weighted by Gasteiger charge is 2.52. The van der Waals surface area contributed by atoms with Crippen molar-refractivity contribution in [1.29, 1.82) is 0 Å². The average molecular weight is 439 g/mol. The number of carbonyl (C=O) groups excluding carboxylic acids is 2. The van der Waals surface area contributed by atoms with Crippen LogP contribution in [0.15, 0.2) is 71.6 Å². The first kappa shape index (κ1) is 19.7. The molecule has 7 nitrogen and oxygen atoms in total. The van der Waals surface area contributed by atoms with Gasteiger partial charge in [0.2, 0.25) is 10.0 Å². The van der Waals surface area contributed by atoms with Gasteiger partial charge in [0.05, 0.1) is 16.6 Å². The van der Waals surface area contributed by atoms with Crippen LogP contribution in [-0.4, -0.2) is 43.3 Å². The monoisotopic (exact) mass is 439 g/mol. The van der Waals surface area contributed by atoms with E-state index in [0.29, 0.717) is 6.42 Å². The molecule has 0 aromatic heterocycles. The summed E-state index contributed by atoms with van der Waals surface area (Å²) >= 11 is 0. The molecule has 0 bridgehead atoms. The highest BCUT2D eigenvalue weighted by molar-refractivity contribution is 7.89. The van der Waals surface area contributed by atoms with E-state index in [2.05, 4.69) is 5.32 Å². The van der Waals surface area contributed by atoms with Gasteiger partial charge in [0.25, 0.3) is 5.91 Å². The molecule has 0 radical (unpaired) electrons. The second kappa shape index (κ2) is 7.14. The molecule has 3 aromatic rings. The van der Waals surface area contributed by atoms with Crippen molar-refractivity contribution in [3.8, 4) is 0 Å². The van der Waals surface area contributed by atoms with E-state index in [4.69, 9.17) is 0 Å². The lowest BCUT2D eigenvalue weighted by molar-refractivity contribution is -0.122. The molecule has 2 heterocycles. The first-order chi connectivity index (χ1) is 14.9.